The number of nitrogens with two attached hydrogens (primary N) is 1. The molecule has 112 valence electrons. The second kappa shape index (κ2) is 6.87. The minimum atomic E-state index is -0.649. The molecular weight excluding hydrogens is 296 g/mol. The maximum Gasteiger partial charge on any atom is 0.166 e. The quantitative estimate of drug-likeness (QED) is 0.869. The molecule has 2 nitrogen and oxygen atoms in total. The highest BCUT2D eigenvalue weighted by molar-refractivity contribution is 6.32. The Balaban J connectivity index is 2.19. The van der Waals surface area contributed by atoms with E-state index in [1.165, 1.54) is 0 Å². The van der Waals surface area contributed by atoms with Gasteiger partial charge in [-0.15, -0.1) is 0 Å². The summed E-state index contributed by atoms with van der Waals surface area (Å²) in [4.78, 5) is 0. The molecule has 1 unspecified atom stereocenters. The molecule has 0 aromatic heterocycles. The number of halogens is 3. The summed E-state index contributed by atoms with van der Waals surface area (Å²) in [6, 6.07) is 8.24. The lowest BCUT2D eigenvalue weighted by molar-refractivity contribution is 0.436. The van der Waals surface area contributed by atoms with Crippen LogP contribution in [0.15, 0.2) is 36.4 Å². The van der Waals surface area contributed by atoms with Crippen LogP contribution in [0.3, 0.4) is 0 Å². The van der Waals surface area contributed by atoms with E-state index >= 15 is 0 Å². The van der Waals surface area contributed by atoms with Gasteiger partial charge in [0.2, 0.25) is 0 Å². The first-order chi connectivity index (χ1) is 9.99. The van der Waals surface area contributed by atoms with Crippen LogP contribution < -0.4 is 10.5 Å². The first-order valence-corrected chi connectivity index (χ1v) is 7.04. The number of benzene rings is 2. The van der Waals surface area contributed by atoms with Gasteiger partial charge in [-0.05, 0) is 42.7 Å². The van der Waals surface area contributed by atoms with Crippen LogP contribution in [0.1, 0.15) is 18.9 Å². The summed E-state index contributed by atoms with van der Waals surface area (Å²) in [6.45, 7) is 2.01. The Kier molecular flexibility index (Phi) is 5.15. The molecule has 0 spiro atoms. The van der Waals surface area contributed by atoms with Gasteiger partial charge in [0, 0.05) is 12.1 Å². The lowest BCUT2D eigenvalue weighted by Crippen LogP contribution is -2.21. The van der Waals surface area contributed by atoms with Gasteiger partial charge in [0.25, 0.3) is 0 Å². The zero-order valence-electron chi connectivity index (χ0n) is 11.6. The van der Waals surface area contributed by atoms with Gasteiger partial charge in [-0.2, -0.15) is 0 Å². The zero-order valence-corrected chi connectivity index (χ0v) is 12.3. The predicted octanol–water partition coefficient (Wildman–Crippen LogP) is 4.69. The van der Waals surface area contributed by atoms with Crippen molar-refractivity contribution < 1.29 is 13.5 Å². The van der Waals surface area contributed by atoms with Crippen LogP contribution in [0.2, 0.25) is 5.02 Å². The average Bonchev–Trinajstić information content (AvgIpc) is 2.45. The van der Waals surface area contributed by atoms with E-state index in [1.54, 1.807) is 12.1 Å². The van der Waals surface area contributed by atoms with E-state index in [2.05, 4.69) is 0 Å². The highest BCUT2D eigenvalue weighted by atomic mass is 35.5. The van der Waals surface area contributed by atoms with Crippen molar-refractivity contribution in [3.8, 4) is 11.5 Å². The van der Waals surface area contributed by atoms with E-state index in [1.807, 2.05) is 13.0 Å². The second-order valence-corrected chi connectivity index (χ2v) is 5.22. The topological polar surface area (TPSA) is 35.2 Å². The minimum Gasteiger partial charge on any atom is -0.453 e. The number of rotatable bonds is 5. The number of hydrogen-bond donors (Lipinski definition) is 1. The molecule has 1 atom stereocenters. The van der Waals surface area contributed by atoms with Crippen LogP contribution in [-0.2, 0) is 6.42 Å². The van der Waals surface area contributed by atoms with E-state index in [4.69, 9.17) is 22.1 Å². The summed E-state index contributed by atoms with van der Waals surface area (Å²) in [5.41, 5.74) is 6.86. The highest BCUT2D eigenvalue weighted by Gasteiger charge is 2.10. The number of hydrogen-bond acceptors (Lipinski definition) is 2. The summed E-state index contributed by atoms with van der Waals surface area (Å²) in [5, 5.41) is 0.333. The molecule has 0 fully saturated rings. The average molecular weight is 312 g/mol. The van der Waals surface area contributed by atoms with Crippen molar-refractivity contribution in [1.82, 2.24) is 0 Å². The van der Waals surface area contributed by atoms with E-state index in [0.29, 0.717) is 11.4 Å². The molecule has 0 aliphatic rings. The fourth-order valence-electron chi connectivity index (χ4n) is 1.88. The molecule has 2 aromatic rings. The van der Waals surface area contributed by atoms with Gasteiger partial charge in [0.1, 0.15) is 11.6 Å². The van der Waals surface area contributed by atoms with Gasteiger partial charge < -0.3 is 10.5 Å². The monoisotopic (exact) mass is 311 g/mol. The SMILES string of the molecule is CCC(N)Cc1ccc(Oc2cc(F)ccc2F)c(Cl)c1. The summed E-state index contributed by atoms with van der Waals surface area (Å²) in [5.74, 6) is -1.15. The van der Waals surface area contributed by atoms with Gasteiger partial charge in [-0.3, -0.25) is 0 Å². The van der Waals surface area contributed by atoms with Gasteiger partial charge >= 0.3 is 0 Å². The molecule has 0 aliphatic heterocycles. The summed E-state index contributed by atoms with van der Waals surface area (Å²) < 4.78 is 32.0. The van der Waals surface area contributed by atoms with Crippen molar-refractivity contribution >= 4 is 11.6 Å². The van der Waals surface area contributed by atoms with Gasteiger partial charge in [0.15, 0.2) is 11.6 Å². The summed E-state index contributed by atoms with van der Waals surface area (Å²) in [7, 11) is 0. The maximum atomic E-state index is 13.5. The molecule has 0 saturated heterocycles. The standard InChI is InChI=1S/C16H16ClF2NO/c1-2-12(20)7-10-3-6-15(13(17)8-10)21-16-9-11(18)4-5-14(16)19/h3-6,8-9,12H,2,7,20H2,1H3. The fraction of sp³-hybridized carbons (Fsp3) is 0.250. The Morgan fingerprint density at radius 3 is 2.57 bits per heavy atom. The Hall–Kier alpha value is -1.65. The Morgan fingerprint density at radius 2 is 1.90 bits per heavy atom. The smallest absolute Gasteiger partial charge is 0.166 e. The lowest BCUT2D eigenvalue weighted by atomic mass is 10.0. The van der Waals surface area contributed by atoms with E-state index < -0.39 is 11.6 Å². The molecule has 0 bridgehead atoms. The Morgan fingerprint density at radius 1 is 1.14 bits per heavy atom. The predicted molar refractivity (Wildman–Crippen MR) is 79.9 cm³/mol. The third-order valence-corrected chi connectivity index (χ3v) is 3.43. The van der Waals surface area contributed by atoms with E-state index in [9.17, 15) is 8.78 Å². The third-order valence-electron chi connectivity index (χ3n) is 3.13. The van der Waals surface area contributed by atoms with Crippen molar-refractivity contribution in [2.75, 3.05) is 0 Å². The molecule has 5 heteroatoms. The molecule has 0 saturated carbocycles. The fourth-order valence-corrected chi connectivity index (χ4v) is 2.12. The first kappa shape index (κ1) is 15.7. The van der Waals surface area contributed by atoms with E-state index in [-0.39, 0.29) is 17.5 Å². The Labute approximate surface area is 127 Å². The first-order valence-electron chi connectivity index (χ1n) is 6.66. The van der Waals surface area contributed by atoms with Crippen LogP contribution in [-0.4, -0.2) is 6.04 Å². The summed E-state index contributed by atoms with van der Waals surface area (Å²) >= 11 is 6.12. The molecule has 21 heavy (non-hydrogen) atoms. The molecule has 0 amide bonds. The van der Waals surface area contributed by atoms with Crippen molar-refractivity contribution in [3.05, 3.63) is 58.6 Å². The van der Waals surface area contributed by atoms with Crippen molar-refractivity contribution in [2.24, 2.45) is 5.73 Å². The maximum absolute atomic E-state index is 13.5. The van der Waals surface area contributed by atoms with Crippen LogP contribution in [0.25, 0.3) is 0 Å². The Bertz CT molecular complexity index is 634. The molecule has 0 heterocycles. The lowest BCUT2D eigenvalue weighted by Gasteiger charge is -2.12. The van der Waals surface area contributed by atoms with Gasteiger partial charge in [-0.25, -0.2) is 8.78 Å². The largest absolute Gasteiger partial charge is 0.453 e. The molecule has 0 aliphatic carbocycles. The third kappa shape index (κ3) is 4.16. The molecule has 2 N–H and O–H groups in total. The number of ether oxygens (including phenoxy) is 1. The molecular formula is C16H16ClF2NO. The van der Waals surface area contributed by atoms with Crippen molar-refractivity contribution in [2.45, 2.75) is 25.8 Å². The minimum absolute atomic E-state index is 0.0634. The zero-order chi connectivity index (χ0) is 15.4. The van der Waals surface area contributed by atoms with Crippen molar-refractivity contribution in [1.29, 1.82) is 0 Å². The molecule has 2 aromatic carbocycles. The van der Waals surface area contributed by atoms with Gasteiger partial charge in [0.05, 0.1) is 5.02 Å². The van der Waals surface area contributed by atoms with Crippen molar-refractivity contribution in [3.63, 3.8) is 0 Å². The highest BCUT2D eigenvalue weighted by Crippen LogP contribution is 2.32. The second-order valence-electron chi connectivity index (χ2n) is 4.81. The van der Waals surface area contributed by atoms with Crippen LogP contribution in [0.5, 0.6) is 11.5 Å². The molecule has 0 radical (unpaired) electrons. The normalized spacial score (nSPS) is 12.2. The molecule has 2 rings (SSSR count). The summed E-state index contributed by atoms with van der Waals surface area (Å²) in [6.07, 6.45) is 1.56. The van der Waals surface area contributed by atoms with Crippen LogP contribution in [0.4, 0.5) is 8.78 Å². The van der Waals surface area contributed by atoms with Gasteiger partial charge in [-0.1, -0.05) is 24.6 Å². The van der Waals surface area contributed by atoms with Crippen LogP contribution in [0, 0.1) is 11.6 Å². The van der Waals surface area contributed by atoms with Crippen LogP contribution >= 0.6 is 11.6 Å². The van der Waals surface area contributed by atoms with E-state index in [0.717, 1.165) is 30.2 Å².